The number of carbonyl (C=O) groups is 2. The predicted octanol–water partition coefficient (Wildman–Crippen LogP) is 4.93. The average Bonchev–Trinajstić information content (AvgIpc) is 2.95. The van der Waals surface area contributed by atoms with Crippen molar-refractivity contribution >= 4 is 44.7 Å². The molecular weight excluding hydrogens is 562 g/mol. The van der Waals surface area contributed by atoms with Gasteiger partial charge < -0.3 is 4.90 Å². The van der Waals surface area contributed by atoms with Gasteiger partial charge in [0.15, 0.2) is 0 Å². The minimum absolute atomic E-state index is 0.0831. The van der Waals surface area contributed by atoms with Gasteiger partial charge in [-0.2, -0.15) is 4.31 Å². The van der Waals surface area contributed by atoms with E-state index in [1.807, 2.05) is 45.0 Å². The lowest BCUT2D eigenvalue weighted by atomic mass is 9.83. The number of fused-ring (bicyclic) bond motifs is 2. The maximum Gasteiger partial charge on any atom is 0.253 e. The van der Waals surface area contributed by atoms with Crippen molar-refractivity contribution in [2.45, 2.75) is 50.5 Å². The van der Waals surface area contributed by atoms with Gasteiger partial charge in [0.05, 0.1) is 17.0 Å². The molecule has 1 aliphatic carbocycles. The Balaban J connectivity index is 1.20. The van der Waals surface area contributed by atoms with Crippen LogP contribution < -0.4 is 0 Å². The molecule has 8 nitrogen and oxygen atoms in total. The van der Waals surface area contributed by atoms with Crippen molar-refractivity contribution in [3.05, 3.63) is 76.3 Å². The Bertz CT molecular complexity index is 1560. The fourth-order valence-electron chi connectivity index (χ4n) is 5.65. The Morgan fingerprint density at radius 1 is 1.00 bits per heavy atom. The van der Waals surface area contributed by atoms with Crippen molar-refractivity contribution < 1.29 is 22.8 Å². The van der Waals surface area contributed by atoms with E-state index in [0.717, 1.165) is 42.0 Å². The number of benzene rings is 3. The molecule has 0 aromatic heterocycles. The third-order valence-electron chi connectivity index (χ3n) is 7.67. The summed E-state index contributed by atoms with van der Waals surface area (Å²) in [6, 6.07) is 16.3. The molecule has 1 aliphatic heterocycles. The maximum absolute atomic E-state index is 13.4. The van der Waals surface area contributed by atoms with Crippen molar-refractivity contribution in [2.75, 3.05) is 32.7 Å². The van der Waals surface area contributed by atoms with Crippen LogP contribution in [-0.4, -0.2) is 73.3 Å². The Hall–Kier alpha value is -2.98. The monoisotopic (exact) mass is 597 g/mol. The van der Waals surface area contributed by atoms with Crippen molar-refractivity contribution in [1.82, 2.24) is 14.3 Å². The Morgan fingerprint density at radius 3 is 2.41 bits per heavy atom. The van der Waals surface area contributed by atoms with Crippen LogP contribution in [-0.2, 0) is 32.5 Å². The smallest absolute Gasteiger partial charge is 0.253 e. The molecule has 10 heteroatoms. The number of amides is 2. The van der Waals surface area contributed by atoms with Crippen LogP contribution >= 0.6 is 11.6 Å². The number of rotatable bonds is 7. The molecule has 2 aliphatic rings. The molecule has 5 rings (SSSR count). The van der Waals surface area contributed by atoms with Crippen LogP contribution in [0, 0.1) is 5.92 Å². The maximum atomic E-state index is 13.4. The second-order valence-corrected chi connectivity index (χ2v) is 14.2. The molecule has 1 saturated heterocycles. The zero-order valence-electron chi connectivity index (χ0n) is 23.7. The normalized spacial score (nSPS) is 18.2. The number of halogens is 1. The summed E-state index contributed by atoms with van der Waals surface area (Å²) in [7, 11) is -3.69. The number of hydrogen-bond acceptors (Lipinski definition) is 5. The van der Waals surface area contributed by atoms with Crippen LogP contribution in [0.2, 0.25) is 5.02 Å². The molecule has 0 N–H and O–H groups in total. The first kappa shape index (κ1) is 29.5. The number of hydrogen-bond donors (Lipinski definition) is 0. The molecule has 3 aromatic carbocycles. The first-order chi connectivity index (χ1) is 19.4. The molecule has 2 amide bonds. The fourth-order valence-corrected chi connectivity index (χ4v) is 7.28. The molecule has 1 atom stereocenters. The molecule has 0 spiro atoms. The Labute approximate surface area is 246 Å². The van der Waals surface area contributed by atoms with Crippen LogP contribution in [0.15, 0.2) is 59.5 Å². The third-order valence-corrected chi connectivity index (χ3v) is 9.80. The lowest BCUT2D eigenvalue weighted by Crippen LogP contribution is -2.50. The van der Waals surface area contributed by atoms with E-state index in [2.05, 4.69) is 0 Å². The van der Waals surface area contributed by atoms with Crippen molar-refractivity contribution in [3.8, 4) is 0 Å². The summed E-state index contributed by atoms with van der Waals surface area (Å²) in [5, 5.41) is 3.68. The van der Waals surface area contributed by atoms with Gasteiger partial charge in [0.2, 0.25) is 16.4 Å². The summed E-state index contributed by atoms with van der Waals surface area (Å²) in [5.41, 5.74) is 2.52. The van der Waals surface area contributed by atoms with E-state index in [0.29, 0.717) is 30.2 Å². The minimum atomic E-state index is -3.69. The van der Waals surface area contributed by atoms with Gasteiger partial charge in [-0.15, -0.1) is 0 Å². The van der Waals surface area contributed by atoms with Gasteiger partial charge in [0.25, 0.3) is 5.91 Å². The van der Waals surface area contributed by atoms with Crippen LogP contribution in [0.3, 0.4) is 0 Å². The van der Waals surface area contributed by atoms with Crippen molar-refractivity contribution in [2.24, 2.45) is 5.92 Å². The number of aryl methyl sites for hydroxylation is 1. The summed E-state index contributed by atoms with van der Waals surface area (Å²) >= 11 is 6.06. The quantitative estimate of drug-likeness (QED) is 0.285. The van der Waals surface area contributed by atoms with Gasteiger partial charge >= 0.3 is 0 Å². The number of sulfonamides is 1. The van der Waals surface area contributed by atoms with Crippen LogP contribution in [0.1, 0.15) is 48.7 Å². The van der Waals surface area contributed by atoms with Gasteiger partial charge in [-0.1, -0.05) is 29.8 Å². The molecule has 0 unspecified atom stereocenters. The van der Waals surface area contributed by atoms with Gasteiger partial charge in [-0.25, -0.2) is 13.5 Å². The standard InChI is InChI=1S/C31H36ClN3O5S/c1-31(2,3)40-34(21-36)20-22-4-5-24-17-27(7-6-23(24)16-22)30(37)33-12-14-35(15-13-33)41(38,39)29-11-9-25-18-28(32)10-8-26(25)19-29/h6-11,17-19,21-22H,4-5,12-16,20H2,1-3H3/t22-/m0/s1. The average molecular weight is 598 g/mol. The third kappa shape index (κ3) is 6.75. The van der Waals surface area contributed by atoms with E-state index >= 15 is 0 Å². The zero-order valence-corrected chi connectivity index (χ0v) is 25.2. The van der Waals surface area contributed by atoms with E-state index in [1.54, 1.807) is 35.2 Å². The number of hydroxylamine groups is 2. The Morgan fingerprint density at radius 2 is 1.71 bits per heavy atom. The van der Waals surface area contributed by atoms with E-state index < -0.39 is 15.6 Å². The van der Waals surface area contributed by atoms with Crippen LogP contribution in [0.5, 0.6) is 0 Å². The molecular formula is C31H36ClN3O5S. The van der Waals surface area contributed by atoms with E-state index in [9.17, 15) is 18.0 Å². The highest BCUT2D eigenvalue weighted by Gasteiger charge is 2.31. The van der Waals surface area contributed by atoms with Gasteiger partial charge in [-0.3, -0.25) is 14.4 Å². The first-order valence-electron chi connectivity index (χ1n) is 13.9. The SMILES string of the molecule is CC(C)(C)ON(C=O)C[C@H]1CCc2cc(C(=O)N3CCN(S(=O)(=O)c4ccc5cc(Cl)ccc5c4)CC3)ccc2C1. The largest absolute Gasteiger partial charge is 0.336 e. The second-order valence-electron chi connectivity index (χ2n) is 11.9. The number of carbonyl (C=O) groups excluding carboxylic acids is 2. The molecule has 41 heavy (non-hydrogen) atoms. The Kier molecular flexibility index (Phi) is 8.43. The number of piperazine rings is 1. The topological polar surface area (TPSA) is 87.2 Å². The lowest BCUT2D eigenvalue weighted by Gasteiger charge is -2.34. The molecule has 0 bridgehead atoms. The highest BCUT2D eigenvalue weighted by atomic mass is 35.5. The fraction of sp³-hybridized carbons (Fsp3) is 0.419. The molecule has 3 aromatic rings. The van der Waals surface area contributed by atoms with Crippen LogP contribution in [0.25, 0.3) is 10.8 Å². The summed E-state index contributed by atoms with van der Waals surface area (Å²) in [6.07, 6.45) is 3.29. The molecule has 218 valence electrons. The second kappa shape index (κ2) is 11.7. The van der Waals surface area contributed by atoms with Gasteiger partial charge in [0.1, 0.15) is 0 Å². The van der Waals surface area contributed by atoms with Gasteiger partial charge in [-0.05, 0) is 104 Å². The number of nitrogens with zero attached hydrogens (tertiary/aromatic N) is 3. The van der Waals surface area contributed by atoms with Crippen LogP contribution in [0.4, 0.5) is 0 Å². The predicted molar refractivity (Wildman–Crippen MR) is 159 cm³/mol. The van der Waals surface area contributed by atoms with Gasteiger partial charge in [0, 0.05) is 36.8 Å². The molecule has 1 fully saturated rings. The summed E-state index contributed by atoms with van der Waals surface area (Å²) < 4.78 is 28.2. The highest BCUT2D eigenvalue weighted by molar-refractivity contribution is 7.89. The molecule has 0 saturated carbocycles. The van der Waals surface area contributed by atoms with E-state index in [4.69, 9.17) is 16.4 Å². The first-order valence-corrected chi connectivity index (χ1v) is 15.8. The zero-order chi connectivity index (χ0) is 29.4. The molecule has 0 radical (unpaired) electrons. The van der Waals surface area contributed by atoms with E-state index in [-0.39, 0.29) is 29.8 Å². The lowest BCUT2D eigenvalue weighted by molar-refractivity contribution is -0.220. The van der Waals surface area contributed by atoms with Crippen molar-refractivity contribution in [3.63, 3.8) is 0 Å². The highest BCUT2D eigenvalue weighted by Crippen LogP contribution is 2.29. The molecule has 1 heterocycles. The van der Waals surface area contributed by atoms with E-state index in [1.165, 1.54) is 14.9 Å². The summed E-state index contributed by atoms with van der Waals surface area (Å²) in [5.74, 6) is 0.201. The van der Waals surface area contributed by atoms with Crippen molar-refractivity contribution in [1.29, 1.82) is 0 Å². The minimum Gasteiger partial charge on any atom is -0.336 e. The summed E-state index contributed by atoms with van der Waals surface area (Å²) in [4.78, 5) is 32.6. The summed E-state index contributed by atoms with van der Waals surface area (Å²) in [6.45, 7) is 7.41.